The van der Waals surface area contributed by atoms with E-state index in [1.807, 2.05) is 43.3 Å². The van der Waals surface area contributed by atoms with E-state index in [1.54, 1.807) is 34.9 Å². The molecular formula is C55H57N6O13S4+. The van der Waals surface area contributed by atoms with Gasteiger partial charge in [-0.2, -0.15) is 21.4 Å². The summed E-state index contributed by atoms with van der Waals surface area (Å²) in [6.45, 7) is 5.14. The number of ether oxygens (including phenoxy) is 3. The topological polar surface area (TPSA) is 240 Å². The molecule has 0 saturated carbocycles. The Labute approximate surface area is 458 Å². The molecule has 7 aromatic rings. The zero-order valence-electron chi connectivity index (χ0n) is 42.7. The van der Waals surface area contributed by atoms with Crippen LogP contribution in [0.4, 0.5) is 11.4 Å². The summed E-state index contributed by atoms with van der Waals surface area (Å²) in [5, 5.41) is 18.0. The number of aromatic nitrogens is 3. The molecule has 0 atom stereocenters. The van der Waals surface area contributed by atoms with Crippen molar-refractivity contribution in [1.29, 1.82) is 0 Å². The van der Waals surface area contributed by atoms with Crippen LogP contribution in [0.5, 0.6) is 11.6 Å². The number of nitrogens with one attached hydrogen (secondary N) is 1. The molecule has 1 amide bonds. The maximum Gasteiger partial charge on any atom is 0.334 e. The van der Waals surface area contributed by atoms with Gasteiger partial charge in [-0.3, -0.25) is 27.8 Å². The lowest BCUT2D eigenvalue weighted by Crippen LogP contribution is -2.43. The number of benzene rings is 5. The molecule has 4 N–H and O–H groups in total. The van der Waals surface area contributed by atoms with Crippen LogP contribution in [0, 0.1) is 0 Å². The lowest BCUT2D eigenvalue weighted by molar-refractivity contribution is -0.667. The third-order valence-electron chi connectivity index (χ3n) is 13.0. The number of carbonyl (C=O) groups excluding carboxylic acids is 1. The molecule has 23 heteroatoms. The summed E-state index contributed by atoms with van der Waals surface area (Å²) in [7, 11) is -8.68. The van der Waals surface area contributed by atoms with Gasteiger partial charge in [-0.1, -0.05) is 103 Å². The molecule has 0 spiro atoms. The summed E-state index contributed by atoms with van der Waals surface area (Å²) < 4.78 is 89.1. The number of aryl methyl sites for hydroxylation is 1. The minimum atomic E-state index is -4.51. The van der Waals surface area contributed by atoms with Gasteiger partial charge in [0.05, 0.1) is 64.9 Å². The molecule has 78 heavy (non-hydrogen) atoms. The predicted molar refractivity (Wildman–Crippen MR) is 301 cm³/mol. The number of carbonyl (C=O) groups is 1. The van der Waals surface area contributed by atoms with Gasteiger partial charge in [-0.05, 0) is 72.3 Å². The minimum Gasteiger partial charge on any atom is -0.494 e. The van der Waals surface area contributed by atoms with Crippen molar-refractivity contribution in [2.24, 2.45) is 0 Å². The van der Waals surface area contributed by atoms with E-state index in [2.05, 4.69) is 75.1 Å². The second-order valence-corrected chi connectivity index (χ2v) is 23.3. The molecule has 19 nitrogen and oxygen atoms in total. The Morgan fingerprint density at radius 3 is 2.35 bits per heavy atom. The number of fused-ring (bicyclic) bond motifs is 5. The fourth-order valence-electron chi connectivity index (χ4n) is 9.17. The van der Waals surface area contributed by atoms with Gasteiger partial charge in [0.15, 0.2) is 12.3 Å². The SMILES string of the molecule is CCCCn1c(=O)c(C=C=C2Oc3ccc(S(=O)(=O)O)cc3N2CC)c(O)n(CC(=O)NCCOCCOCCN2C(=Cc3sc4ccc5ccccc5c4[n+]3CCCS(=O)(=O)O)Sc3ccc(-c4ccccc4)cc32)c1=O. The zero-order valence-corrected chi connectivity index (χ0v) is 45.9. The van der Waals surface area contributed by atoms with E-state index in [0.29, 0.717) is 38.2 Å². The summed E-state index contributed by atoms with van der Waals surface area (Å²) in [6, 6.07) is 32.5. The smallest absolute Gasteiger partial charge is 0.334 e. The van der Waals surface area contributed by atoms with Gasteiger partial charge in [0.1, 0.15) is 16.8 Å². The molecule has 0 radical (unpaired) electrons. The Morgan fingerprint density at radius 1 is 0.821 bits per heavy atom. The highest BCUT2D eigenvalue weighted by Gasteiger charge is 2.31. The number of thiazole rings is 1. The molecule has 0 bridgehead atoms. The van der Waals surface area contributed by atoms with Crippen LogP contribution in [0.2, 0.25) is 0 Å². The fraction of sp³-hybridized carbons (Fsp3) is 0.291. The number of rotatable bonds is 23. The van der Waals surface area contributed by atoms with Gasteiger partial charge in [-0.15, -0.1) is 0 Å². The lowest BCUT2D eigenvalue weighted by atomic mass is 10.0. The number of nitrogens with zero attached hydrogens (tertiary/aromatic N) is 5. The van der Waals surface area contributed by atoms with Crippen molar-refractivity contribution in [1.82, 2.24) is 14.5 Å². The number of amides is 1. The Hall–Kier alpha value is -7.05. The maximum atomic E-state index is 13.6. The molecule has 408 valence electrons. The third-order valence-corrected chi connectivity index (χ3v) is 16.8. The molecule has 2 aliphatic rings. The monoisotopic (exact) mass is 1140 g/mol. The van der Waals surface area contributed by atoms with Crippen LogP contribution in [0.1, 0.15) is 43.7 Å². The highest BCUT2D eigenvalue weighted by Crippen LogP contribution is 2.48. The van der Waals surface area contributed by atoms with Gasteiger partial charge < -0.3 is 34.4 Å². The van der Waals surface area contributed by atoms with Gasteiger partial charge in [-0.25, -0.2) is 4.79 Å². The van der Waals surface area contributed by atoms with Crippen molar-refractivity contribution in [3.63, 3.8) is 0 Å². The van der Waals surface area contributed by atoms with Crippen LogP contribution in [0.15, 0.2) is 139 Å². The minimum absolute atomic E-state index is 0.0245. The number of unbranched alkanes of at least 4 members (excludes halogenated alkanes) is 1. The summed E-state index contributed by atoms with van der Waals surface area (Å²) in [5.41, 5.74) is 5.29. The van der Waals surface area contributed by atoms with E-state index in [4.69, 9.17) is 14.2 Å². The molecule has 0 fully saturated rings. The van der Waals surface area contributed by atoms with Crippen LogP contribution in [-0.4, -0.2) is 97.9 Å². The summed E-state index contributed by atoms with van der Waals surface area (Å²) in [6.07, 6.45) is 4.61. The lowest BCUT2D eigenvalue weighted by Gasteiger charge is -2.21. The second-order valence-electron chi connectivity index (χ2n) is 18.2. The van der Waals surface area contributed by atoms with Crippen molar-refractivity contribution >= 4 is 93.8 Å². The molecular weight excluding hydrogens is 1080 g/mol. The fourth-order valence-corrected chi connectivity index (χ4v) is 12.5. The Kier molecular flexibility index (Phi) is 17.4. The van der Waals surface area contributed by atoms with Crippen LogP contribution < -0.4 is 35.7 Å². The summed E-state index contributed by atoms with van der Waals surface area (Å²) >= 11 is 3.25. The molecule has 0 unspecified atom stereocenters. The maximum absolute atomic E-state index is 13.6. The average Bonchev–Trinajstić information content (AvgIpc) is 4.26. The van der Waals surface area contributed by atoms with E-state index in [0.717, 1.165) is 67.9 Å². The summed E-state index contributed by atoms with van der Waals surface area (Å²) in [4.78, 5) is 44.9. The molecule has 0 saturated heterocycles. The van der Waals surface area contributed by atoms with Crippen LogP contribution in [0.3, 0.4) is 0 Å². The largest absolute Gasteiger partial charge is 0.494 e. The molecule has 4 heterocycles. The predicted octanol–water partition coefficient (Wildman–Crippen LogP) is 7.50. The number of thioether (sulfide) groups is 1. The van der Waals surface area contributed by atoms with Crippen molar-refractivity contribution in [3.8, 4) is 22.8 Å². The van der Waals surface area contributed by atoms with E-state index in [1.165, 1.54) is 18.2 Å². The van der Waals surface area contributed by atoms with Crippen molar-refractivity contribution in [3.05, 3.63) is 151 Å². The first-order chi connectivity index (χ1) is 37.5. The Bertz CT molecular complexity index is 3870. The van der Waals surface area contributed by atoms with Crippen LogP contribution in [-0.2, 0) is 54.1 Å². The standard InChI is InChI=1S/C55H56N6O13S4/c1-3-5-25-60-53(63)42(19-23-49-57(4-2)43-34-40(78(69,70)71)18-20-45(43)74-49)54(64)61(55(60)65)36-48(62)56-24-28-72-30-31-73-29-27-58-44-33-39(37-12-7-6-8-13-37)17-21-46(44)75-50(58)35-51-59(26-11-32-77(66,67)68)52-41-15-10-9-14-38(41)16-22-47(52)76-51/h6-10,12-22,33-35H,3-5,11,24-32,36H2,1-2H3,(H3-,56,62,63,64,66,67,68,69,70,71)/p+1. The number of aromatic hydroxyl groups is 1. The number of hydrogen-bond donors (Lipinski definition) is 4. The quantitative estimate of drug-likeness (QED) is 0.0210. The van der Waals surface area contributed by atoms with Gasteiger partial charge in [0.25, 0.3) is 30.8 Å². The second kappa shape index (κ2) is 24.3. The van der Waals surface area contributed by atoms with Crippen LogP contribution in [0.25, 0.3) is 44.3 Å². The number of anilines is 2. The first-order valence-corrected chi connectivity index (χ1v) is 29.9. The van der Waals surface area contributed by atoms with E-state index >= 15 is 0 Å². The normalized spacial score (nSPS) is 13.8. The first-order valence-electron chi connectivity index (χ1n) is 25.2. The summed E-state index contributed by atoms with van der Waals surface area (Å²) in [5.74, 6) is -1.44. The van der Waals surface area contributed by atoms with E-state index < -0.39 is 49.8 Å². The highest BCUT2D eigenvalue weighted by atomic mass is 32.2. The Balaban J connectivity index is 0.841. The molecule has 9 rings (SSSR count). The average molecular weight is 1140 g/mol. The zero-order chi connectivity index (χ0) is 55.1. The van der Waals surface area contributed by atoms with Crippen molar-refractivity contribution in [2.75, 3.05) is 61.6 Å². The van der Waals surface area contributed by atoms with Crippen molar-refractivity contribution in [2.45, 2.75) is 62.5 Å². The highest BCUT2D eigenvalue weighted by molar-refractivity contribution is 8.04. The van der Waals surface area contributed by atoms with E-state index in [9.17, 15) is 45.4 Å². The third kappa shape index (κ3) is 12.6. The number of hydrogen-bond acceptors (Lipinski definition) is 15. The van der Waals surface area contributed by atoms with Crippen molar-refractivity contribution < 1.29 is 54.6 Å². The van der Waals surface area contributed by atoms with E-state index in [-0.39, 0.29) is 73.7 Å². The molecule has 2 aliphatic heterocycles. The first kappa shape index (κ1) is 55.7. The molecule has 2 aromatic heterocycles. The van der Waals surface area contributed by atoms with Crippen LogP contribution >= 0.6 is 23.1 Å². The molecule has 0 aliphatic carbocycles. The molecule has 5 aromatic carbocycles. The Morgan fingerprint density at radius 2 is 1.59 bits per heavy atom. The van der Waals surface area contributed by atoms with Gasteiger partial charge in [0, 0.05) is 43.6 Å². The van der Waals surface area contributed by atoms with Gasteiger partial charge in [0.2, 0.25) is 23.2 Å². The van der Waals surface area contributed by atoms with Gasteiger partial charge >= 0.3 is 5.69 Å².